The van der Waals surface area contributed by atoms with Crippen LogP contribution in [0.2, 0.25) is 0 Å². The third kappa shape index (κ3) is 3.76. The van der Waals surface area contributed by atoms with Gasteiger partial charge in [-0.1, -0.05) is 6.92 Å². The van der Waals surface area contributed by atoms with Gasteiger partial charge >= 0.3 is 0 Å². The van der Waals surface area contributed by atoms with E-state index in [0.29, 0.717) is 5.82 Å². The molecular weight excluding hydrogens is 292 g/mol. The number of aryl methyl sites for hydroxylation is 1. The highest BCUT2D eigenvalue weighted by molar-refractivity contribution is 5.55. The van der Waals surface area contributed by atoms with Crippen LogP contribution in [-0.4, -0.2) is 33.2 Å². The molecule has 1 aliphatic rings. The number of nitrogens with zero attached hydrogens (tertiary/aromatic N) is 2. The van der Waals surface area contributed by atoms with E-state index in [4.69, 9.17) is 5.11 Å². The summed E-state index contributed by atoms with van der Waals surface area (Å²) in [4.78, 5) is 23.2. The minimum atomic E-state index is -0.145. The lowest BCUT2D eigenvalue weighted by Crippen LogP contribution is -2.17. The van der Waals surface area contributed by atoms with Crippen LogP contribution in [0.1, 0.15) is 31.9 Å². The monoisotopic (exact) mass is 314 g/mol. The number of aliphatic hydroxyl groups excluding tert-OH is 1. The number of hydrogen-bond acceptors (Lipinski definition) is 5. The Labute approximate surface area is 135 Å². The number of anilines is 1. The van der Waals surface area contributed by atoms with Crippen molar-refractivity contribution in [2.45, 2.75) is 32.6 Å². The standard InChI is InChI=1S/C17H22N4O2/c1-2-13-9-15(23)21-16(20-13)12-3-4-14(18-10-12)19-11-17(5-6-17)7-8-22/h3-4,9-10,22H,2,5-8,11H2,1H3,(H,18,19)(H,20,21,23). The molecule has 0 unspecified atom stereocenters. The van der Waals surface area contributed by atoms with Crippen LogP contribution in [0.25, 0.3) is 11.4 Å². The summed E-state index contributed by atoms with van der Waals surface area (Å²) >= 11 is 0. The first kappa shape index (κ1) is 15.7. The van der Waals surface area contributed by atoms with Crippen molar-refractivity contribution in [2.75, 3.05) is 18.5 Å². The highest BCUT2D eigenvalue weighted by Gasteiger charge is 2.41. The van der Waals surface area contributed by atoms with E-state index in [1.807, 2.05) is 19.1 Å². The molecule has 0 bridgehead atoms. The summed E-state index contributed by atoms with van der Waals surface area (Å²) in [6.45, 7) is 3.04. The minimum absolute atomic E-state index is 0.145. The predicted octanol–water partition coefficient (Wildman–Crippen LogP) is 1.97. The molecule has 122 valence electrons. The molecule has 0 radical (unpaired) electrons. The number of rotatable bonds is 7. The molecule has 0 saturated heterocycles. The van der Waals surface area contributed by atoms with E-state index < -0.39 is 0 Å². The lowest BCUT2D eigenvalue weighted by Gasteiger charge is -2.15. The van der Waals surface area contributed by atoms with Crippen LogP contribution in [0.5, 0.6) is 0 Å². The van der Waals surface area contributed by atoms with Crippen molar-refractivity contribution in [2.24, 2.45) is 5.41 Å². The first-order valence-corrected chi connectivity index (χ1v) is 8.05. The van der Waals surface area contributed by atoms with Gasteiger partial charge < -0.3 is 15.4 Å². The number of aromatic amines is 1. The molecule has 2 aromatic rings. The second-order valence-corrected chi connectivity index (χ2v) is 6.20. The number of aliphatic hydroxyl groups is 1. The molecule has 23 heavy (non-hydrogen) atoms. The van der Waals surface area contributed by atoms with Gasteiger partial charge in [-0.2, -0.15) is 0 Å². The average molecular weight is 314 g/mol. The largest absolute Gasteiger partial charge is 0.396 e. The van der Waals surface area contributed by atoms with Gasteiger partial charge in [-0.3, -0.25) is 4.79 Å². The van der Waals surface area contributed by atoms with Crippen molar-refractivity contribution in [1.29, 1.82) is 0 Å². The number of hydrogen-bond donors (Lipinski definition) is 3. The van der Waals surface area contributed by atoms with Gasteiger partial charge in [0.2, 0.25) is 0 Å². The zero-order valence-corrected chi connectivity index (χ0v) is 13.3. The molecule has 3 N–H and O–H groups in total. The quantitative estimate of drug-likeness (QED) is 0.727. The van der Waals surface area contributed by atoms with Crippen molar-refractivity contribution in [1.82, 2.24) is 15.0 Å². The number of aromatic nitrogens is 3. The average Bonchev–Trinajstić information content (AvgIpc) is 3.33. The molecule has 2 aromatic heterocycles. The maximum Gasteiger partial charge on any atom is 0.251 e. The highest BCUT2D eigenvalue weighted by atomic mass is 16.3. The third-order valence-corrected chi connectivity index (χ3v) is 4.44. The SMILES string of the molecule is CCc1cc(=O)[nH]c(-c2ccc(NCC3(CCO)CC3)nc2)n1. The third-order valence-electron chi connectivity index (χ3n) is 4.44. The summed E-state index contributed by atoms with van der Waals surface area (Å²) in [5.74, 6) is 1.35. The summed E-state index contributed by atoms with van der Waals surface area (Å²) in [7, 11) is 0. The van der Waals surface area contributed by atoms with Gasteiger partial charge in [0.15, 0.2) is 0 Å². The topological polar surface area (TPSA) is 90.9 Å². The van der Waals surface area contributed by atoms with Gasteiger partial charge in [-0.25, -0.2) is 9.97 Å². The van der Waals surface area contributed by atoms with Gasteiger partial charge in [0.1, 0.15) is 11.6 Å². The fourth-order valence-corrected chi connectivity index (χ4v) is 2.67. The van der Waals surface area contributed by atoms with Gasteiger partial charge in [-0.15, -0.1) is 0 Å². The molecule has 1 fully saturated rings. The molecule has 3 rings (SSSR count). The molecule has 0 spiro atoms. The molecule has 0 atom stereocenters. The van der Waals surface area contributed by atoms with Crippen LogP contribution >= 0.6 is 0 Å². The Hall–Kier alpha value is -2.21. The lowest BCUT2D eigenvalue weighted by atomic mass is 10.0. The Morgan fingerprint density at radius 3 is 2.83 bits per heavy atom. The number of nitrogens with one attached hydrogen (secondary N) is 2. The Balaban J connectivity index is 1.70. The Bertz CT molecular complexity index is 720. The molecule has 1 aliphatic carbocycles. The second-order valence-electron chi connectivity index (χ2n) is 6.20. The van der Waals surface area contributed by atoms with Crippen molar-refractivity contribution in [3.8, 4) is 11.4 Å². The van der Waals surface area contributed by atoms with E-state index in [1.165, 1.54) is 6.07 Å². The second kappa shape index (κ2) is 6.50. The van der Waals surface area contributed by atoms with Crippen molar-refractivity contribution < 1.29 is 5.11 Å². The molecule has 1 saturated carbocycles. The van der Waals surface area contributed by atoms with Crippen LogP contribution < -0.4 is 10.9 Å². The Morgan fingerprint density at radius 2 is 2.22 bits per heavy atom. The zero-order valence-electron chi connectivity index (χ0n) is 13.3. The maximum absolute atomic E-state index is 11.6. The molecule has 0 amide bonds. The summed E-state index contributed by atoms with van der Waals surface area (Å²) in [6, 6.07) is 5.31. The van der Waals surface area contributed by atoms with E-state index in [0.717, 1.165) is 49.3 Å². The van der Waals surface area contributed by atoms with Crippen molar-refractivity contribution >= 4 is 5.82 Å². The smallest absolute Gasteiger partial charge is 0.251 e. The Morgan fingerprint density at radius 1 is 1.39 bits per heavy atom. The van der Waals surface area contributed by atoms with Gasteiger partial charge in [0.25, 0.3) is 5.56 Å². The van der Waals surface area contributed by atoms with Gasteiger partial charge in [0.05, 0.1) is 0 Å². The first-order chi connectivity index (χ1) is 11.1. The Kier molecular flexibility index (Phi) is 4.43. The van der Waals surface area contributed by atoms with Crippen molar-refractivity contribution in [3.63, 3.8) is 0 Å². The first-order valence-electron chi connectivity index (χ1n) is 8.05. The summed E-state index contributed by atoms with van der Waals surface area (Å²) in [5.41, 5.74) is 1.66. The lowest BCUT2D eigenvalue weighted by molar-refractivity contribution is 0.253. The fourth-order valence-electron chi connectivity index (χ4n) is 2.67. The highest BCUT2D eigenvalue weighted by Crippen LogP contribution is 2.48. The summed E-state index contributed by atoms with van der Waals surface area (Å²) < 4.78 is 0. The van der Waals surface area contributed by atoms with Crippen LogP contribution in [0.3, 0.4) is 0 Å². The molecule has 0 aromatic carbocycles. The van der Waals surface area contributed by atoms with Gasteiger partial charge in [0, 0.05) is 36.7 Å². The minimum Gasteiger partial charge on any atom is -0.396 e. The predicted molar refractivity (Wildman–Crippen MR) is 89.3 cm³/mol. The zero-order chi connectivity index (χ0) is 16.3. The maximum atomic E-state index is 11.6. The summed E-state index contributed by atoms with van der Waals surface area (Å²) in [5, 5.41) is 12.4. The van der Waals surface area contributed by atoms with E-state index >= 15 is 0 Å². The molecule has 6 heteroatoms. The molecule has 6 nitrogen and oxygen atoms in total. The molecular formula is C17H22N4O2. The fraction of sp³-hybridized carbons (Fsp3) is 0.471. The van der Waals surface area contributed by atoms with Crippen molar-refractivity contribution in [3.05, 3.63) is 40.4 Å². The molecule has 0 aliphatic heterocycles. The van der Waals surface area contributed by atoms with Crippen LogP contribution in [0, 0.1) is 5.41 Å². The van der Waals surface area contributed by atoms with Crippen LogP contribution in [0.4, 0.5) is 5.82 Å². The number of H-pyrrole nitrogens is 1. The molecule has 2 heterocycles. The van der Waals surface area contributed by atoms with E-state index in [1.54, 1.807) is 6.20 Å². The van der Waals surface area contributed by atoms with E-state index in [9.17, 15) is 4.79 Å². The van der Waals surface area contributed by atoms with Gasteiger partial charge in [-0.05, 0) is 43.2 Å². The van der Waals surface area contributed by atoms with Crippen LogP contribution in [-0.2, 0) is 6.42 Å². The number of pyridine rings is 1. The van der Waals surface area contributed by atoms with Crippen LogP contribution in [0.15, 0.2) is 29.2 Å². The normalized spacial score (nSPS) is 15.4. The summed E-state index contributed by atoms with van der Waals surface area (Å²) in [6.07, 6.45) is 5.59. The van der Waals surface area contributed by atoms with E-state index in [2.05, 4.69) is 20.3 Å². The van der Waals surface area contributed by atoms with E-state index in [-0.39, 0.29) is 17.6 Å².